The predicted octanol–water partition coefficient (Wildman–Crippen LogP) is 6.19. The van der Waals surface area contributed by atoms with Crippen molar-refractivity contribution in [2.24, 2.45) is 5.92 Å². The maximum absolute atomic E-state index is 10.3. The van der Waals surface area contributed by atoms with Crippen LogP contribution in [-0.2, 0) is 9.47 Å². The Morgan fingerprint density at radius 2 is 1.81 bits per heavy atom. The van der Waals surface area contributed by atoms with Gasteiger partial charge in [-0.25, -0.2) is 0 Å². The first-order chi connectivity index (χ1) is 12.7. The van der Waals surface area contributed by atoms with Crippen molar-refractivity contribution in [1.82, 2.24) is 0 Å². The van der Waals surface area contributed by atoms with Crippen LogP contribution in [0.2, 0.25) is 5.02 Å². The molecule has 3 nitrogen and oxygen atoms in total. The van der Waals surface area contributed by atoms with Gasteiger partial charge in [-0.1, -0.05) is 73.5 Å². The van der Waals surface area contributed by atoms with E-state index in [-0.39, 0.29) is 17.8 Å². The van der Waals surface area contributed by atoms with Gasteiger partial charge in [0, 0.05) is 22.1 Å². The highest BCUT2D eigenvalue weighted by atomic mass is 35.5. The van der Waals surface area contributed by atoms with Gasteiger partial charge in [-0.15, -0.1) is 0 Å². The average molecular weight is 373 g/mol. The van der Waals surface area contributed by atoms with Crippen LogP contribution in [0.4, 0.5) is 0 Å². The average Bonchev–Trinajstić information content (AvgIpc) is 2.66. The number of phenols is 1. The molecule has 2 aromatic rings. The van der Waals surface area contributed by atoms with Crippen LogP contribution >= 0.6 is 11.6 Å². The van der Waals surface area contributed by atoms with Crippen molar-refractivity contribution in [3.05, 3.63) is 76.8 Å². The van der Waals surface area contributed by atoms with E-state index in [0.717, 1.165) is 30.4 Å². The fourth-order valence-electron chi connectivity index (χ4n) is 3.21. The van der Waals surface area contributed by atoms with Gasteiger partial charge in [0.2, 0.25) is 0 Å². The van der Waals surface area contributed by atoms with Gasteiger partial charge in [0.25, 0.3) is 0 Å². The fraction of sp³-hybridized carbons (Fsp3) is 0.364. The zero-order valence-corrected chi connectivity index (χ0v) is 15.7. The third-order valence-corrected chi connectivity index (χ3v) is 4.97. The minimum Gasteiger partial charge on any atom is -0.508 e. The summed E-state index contributed by atoms with van der Waals surface area (Å²) in [5, 5.41) is 11.0. The van der Waals surface area contributed by atoms with Crippen molar-refractivity contribution in [3.8, 4) is 5.75 Å². The molecule has 0 aromatic heterocycles. The van der Waals surface area contributed by atoms with Crippen LogP contribution in [-0.4, -0.2) is 11.7 Å². The maximum atomic E-state index is 10.3. The smallest absolute Gasteiger partial charge is 0.186 e. The van der Waals surface area contributed by atoms with Gasteiger partial charge in [-0.3, -0.25) is 0 Å². The van der Waals surface area contributed by atoms with Crippen molar-refractivity contribution in [2.75, 3.05) is 6.61 Å². The molecular formula is C22H25ClO3. The Morgan fingerprint density at radius 3 is 2.54 bits per heavy atom. The lowest BCUT2D eigenvalue weighted by Crippen LogP contribution is -2.30. The van der Waals surface area contributed by atoms with Crippen molar-refractivity contribution in [1.29, 1.82) is 0 Å². The molecule has 2 aromatic carbocycles. The third-order valence-electron chi connectivity index (χ3n) is 4.62. The van der Waals surface area contributed by atoms with Crippen molar-refractivity contribution in [2.45, 2.75) is 38.6 Å². The summed E-state index contributed by atoms with van der Waals surface area (Å²) in [4.78, 5) is 0. The van der Waals surface area contributed by atoms with Crippen LogP contribution in [0.25, 0.3) is 0 Å². The van der Waals surface area contributed by atoms with Gasteiger partial charge in [0.15, 0.2) is 6.29 Å². The Morgan fingerprint density at radius 1 is 1.08 bits per heavy atom. The molecule has 1 aliphatic rings. The number of phenolic OH excluding ortho intramolecular Hbond substituents is 1. The van der Waals surface area contributed by atoms with Crippen LogP contribution in [0.5, 0.6) is 5.75 Å². The number of hydrogen-bond acceptors (Lipinski definition) is 3. The molecule has 0 aliphatic carbocycles. The first kappa shape index (κ1) is 19.0. The number of rotatable bonds is 6. The summed E-state index contributed by atoms with van der Waals surface area (Å²) in [5.74, 6) is 0.384. The lowest BCUT2D eigenvalue weighted by atomic mass is 9.91. The highest BCUT2D eigenvalue weighted by Crippen LogP contribution is 2.43. The van der Waals surface area contributed by atoms with Gasteiger partial charge in [-0.2, -0.15) is 0 Å². The molecule has 0 bridgehead atoms. The number of allylic oxidation sites excluding steroid dienone is 2. The third kappa shape index (κ3) is 4.47. The normalized spacial score (nSPS) is 23.4. The number of ether oxygens (including phenoxy) is 2. The second-order valence-corrected chi connectivity index (χ2v) is 6.97. The van der Waals surface area contributed by atoms with Crippen molar-refractivity contribution in [3.63, 3.8) is 0 Å². The van der Waals surface area contributed by atoms with Gasteiger partial charge in [0.1, 0.15) is 5.75 Å². The predicted molar refractivity (Wildman–Crippen MR) is 104 cm³/mol. The number of hydrogen-bond donors (Lipinski definition) is 1. The highest BCUT2D eigenvalue weighted by molar-refractivity contribution is 6.31. The van der Waals surface area contributed by atoms with E-state index in [1.165, 1.54) is 0 Å². The molecule has 1 aliphatic heterocycles. The summed E-state index contributed by atoms with van der Waals surface area (Å²) >= 11 is 6.32. The van der Waals surface area contributed by atoms with Crippen molar-refractivity contribution >= 4 is 11.6 Å². The molecule has 0 radical (unpaired) electrons. The second-order valence-electron chi connectivity index (χ2n) is 6.56. The Kier molecular flexibility index (Phi) is 6.73. The van der Waals surface area contributed by atoms with E-state index in [9.17, 15) is 5.11 Å². The number of halogens is 1. The molecular weight excluding hydrogens is 348 g/mol. The lowest BCUT2D eigenvalue weighted by molar-refractivity contribution is -0.244. The van der Waals surface area contributed by atoms with E-state index in [0.29, 0.717) is 11.6 Å². The molecule has 3 atom stereocenters. The Bertz CT molecular complexity index is 744. The lowest BCUT2D eigenvalue weighted by Gasteiger charge is -2.37. The zero-order chi connectivity index (χ0) is 18.4. The van der Waals surface area contributed by atoms with E-state index < -0.39 is 6.29 Å². The Balaban J connectivity index is 1.84. The van der Waals surface area contributed by atoms with Crippen LogP contribution < -0.4 is 0 Å². The molecule has 0 amide bonds. The van der Waals surface area contributed by atoms with E-state index >= 15 is 0 Å². The molecule has 4 heteroatoms. The maximum Gasteiger partial charge on any atom is 0.186 e. The Labute approximate surface area is 160 Å². The second kappa shape index (κ2) is 9.22. The number of unbranched alkanes of at least 4 members (excludes halogenated alkanes) is 1. The first-order valence-electron chi connectivity index (χ1n) is 9.15. The van der Waals surface area contributed by atoms with Crippen molar-refractivity contribution < 1.29 is 14.6 Å². The monoisotopic (exact) mass is 372 g/mol. The first-order valence-corrected chi connectivity index (χ1v) is 9.53. The molecule has 26 heavy (non-hydrogen) atoms. The van der Waals surface area contributed by atoms with Crippen LogP contribution in [0.3, 0.4) is 0 Å². The SMILES string of the molecule is CCC/C=C\C[C@H]1CO[C@@H](c2ccccc2Cl)O[C@H]1c1ccccc1O. The summed E-state index contributed by atoms with van der Waals surface area (Å²) in [6, 6.07) is 14.9. The number of aromatic hydroxyl groups is 1. The summed E-state index contributed by atoms with van der Waals surface area (Å²) in [6.07, 6.45) is 6.63. The standard InChI is InChI=1S/C22H25ClO3/c1-2-3-4-5-10-16-15-25-22(17-11-6-8-13-19(17)23)26-21(16)18-12-7-9-14-20(18)24/h4-9,11-14,16,21-22,24H,2-3,10,15H2,1H3/b5-4-/t16-,21+,22+/m0/s1. The Hall–Kier alpha value is -1.81. The molecule has 1 fully saturated rings. The zero-order valence-electron chi connectivity index (χ0n) is 15.0. The summed E-state index contributed by atoms with van der Waals surface area (Å²) in [6.45, 7) is 2.71. The molecule has 1 heterocycles. The van der Waals surface area contributed by atoms with Gasteiger partial charge < -0.3 is 14.6 Å². The molecule has 138 valence electrons. The van der Waals surface area contributed by atoms with Gasteiger partial charge >= 0.3 is 0 Å². The molecule has 0 spiro atoms. The van der Waals surface area contributed by atoms with E-state index in [4.69, 9.17) is 21.1 Å². The minimum atomic E-state index is -0.538. The van der Waals surface area contributed by atoms with E-state index in [2.05, 4.69) is 19.1 Å². The molecule has 3 rings (SSSR count). The van der Waals surface area contributed by atoms with Crippen LogP contribution in [0, 0.1) is 5.92 Å². The largest absolute Gasteiger partial charge is 0.508 e. The number of benzene rings is 2. The van der Waals surface area contributed by atoms with E-state index in [1.807, 2.05) is 42.5 Å². The fourth-order valence-corrected chi connectivity index (χ4v) is 3.44. The summed E-state index contributed by atoms with van der Waals surface area (Å²) < 4.78 is 12.3. The summed E-state index contributed by atoms with van der Waals surface area (Å²) in [5.41, 5.74) is 1.61. The number of para-hydroxylation sites is 1. The minimum absolute atomic E-state index is 0.134. The molecule has 1 saturated heterocycles. The highest BCUT2D eigenvalue weighted by Gasteiger charge is 2.35. The van der Waals surface area contributed by atoms with Gasteiger partial charge in [-0.05, 0) is 25.0 Å². The topological polar surface area (TPSA) is 38.7 Å². The quantitative estimate of drug-likeness (QED) is 0.614. The van der Waals surface area contributed by atoms with Gasteiger partial charge in [0.05, 0.1) is 12.7 Å². The molecule has 0 saturated carbocycles. The van der Waals surface area contributed by atoms with E-state index in [1.54, 1.807) is 6.07 Å². The van der Waals surface area contributed by atoms with Crippen LogP contribution in [0.15, 0.2) is 60.7 Å². The molecule has 1 N–H and O–H groups in total. The summed E-state index contributed by atoms with van der Waals surface area (Å²) in [7, 11) is 0. The molecule has 0 unspecified atom stereocenters. The van der Waals surface area contributed by atoms with Crippen LogP contribution in [0.1, 0.15) is 49.7 Å².